The van der Waals surface area contributed by atoms with Gasteiger partial charge in [-0.3, -0.25) is 9.69 Å². The maximum Gasteiger partial charge on any atom is 0.289 e. The van der Waals surface area contributed by atoms with E-state index in [1.807, 2.05) is 4.90 Å². The summed E-state index contributed by atoms with van der Waals surface area (Å²) < 4.78 is 5.19. The molecule has 4 nitrogen and oxygen atoms in total. The van der Waals surface area contributed by atoms with E-state index in [0.29, 0.717) is 5.76 Å². The molecule has 1 aromatic carbocycles. The smallest absolute Gasteiger partial charge is 0.289 e. The fourth-order valence-corrected chi connectivity index (χ4v) is 3.04. The third kappa shape index (κ3) is 4.45. The zero-order valence-corrected chi connectivity index (χ0v) is 13.5. The van der Waals surface area contributed by atoms with Gasteiger partial charge in [0.05, 0.1) is 6.26 Å². The number of carbonyl (C=O) groups excluding carboxylic acids is 1. The Morgan fingerprint density at radius 2 is 1.74 bits per heavy atom. The quantitative estimate of drug-likeness (QED) is 0.769. The molecule has 23 heavy (non-hydrogen) atoms. The second-order valence-electron chi connectivity index (χ2n) is 6.05. The number of furan rings is 1. The molecule has 0 N–H and O–H groups in total. The van der Waals surface area contributed by atoms with E-state index in [9.17, 15) is 4.79 Å². The topological polar surface area (TPSA) is 36.7 Å². The molecule has 2 heterocycles. The number of amides is 1. The van der Waals surface area contributed by atoms with Gasteiger partial charge in [0.15, 0.2) is 5.76 Å². The largest absolute Gasteiger partial charge is 0.459 e. The number of unbranched alkanes of at least 4 members (excludes halogenated alkanes) is 1. The highest BCUT2D eigenvalue weighted by atomic mass is 16.3. The van der Waals surface area contributed by atoms with Crippen LogP contribution in [0, 0.1) is 0 Å². The summed E-state index contributed by atoms with van der Waals surface area (Å²) in [5.41, 5.74) is 1.42. The first kappa shape index (κ1) is 15.8. The van der Waals surface area contributed by atoms with E-state index in [-0.39, 0.29) is 5.91 Å². The first-order chi connectivity index (χ1) is 11.3. The molecular formula is C19H24N2O2. The van der Waals surface area contributed by atoms with Gasteiger partial charge in [-0.2, -0.15) is 0 Å². The van der Waals surface area contributed by atoms with Crippen LogP contribution in [0.2, 0.25) is 0 Å². The first-order valence-corrected chi connectivity index (χ1v) is 8.42. The highest BCUT2D eigenvalue weighted by molar-refractivity contribution is 5.91. The molecular weight excluding hydrogens is 288 g/mol. The molecule has 0 bridgehead atoms. The van der Waals surface area contributed by atoms with Crippen LogP contribution >= 0.6 is 0 Å². The Hall–Kier alpha value is -2.07. The Labute approximate surface area is 137 Å². The Morgan fingerprint density at radius 3 is 2.43 bits per heavy atom. The second kappa shape index (κ2) is 7.97. The summed E-state index contributed by atoms with van der Waals surface area (Å²) in [5, 5.41) is 0. The molecule has 2 aromatic rings. The minimum atomic E-state index is 0.0127. The Morgan fingerprint density at radius 1 is 0.957 bits per heavy atom. The standard InChI is InChI=1S/C19H24N2O2/c22-19(18-10-6-16-23-18)21-14-12-20(13-15-21)11-5-4-9-17-7-2-1-3-8-17/h1-3,6-8,10,16H,4-5,9,11-15H2. The van der Waals surface area contributed by atoms with Crippen LogP contribution in [0.4, 0.5) is 0 Å². The van der Waals surface area contributed by atoms with Gasteiger partial charge >= 0.3 is 0 Å². The third-order valence-electron chi connectivity index (χ3n) is 4.42. The molecule has 0 aliphatic carbocycles. The average Bonchev–Trinajstić information content (AvgIpc) is 3.14. The summed E-state index contributed by atoms with van der Waals surface area (Å²) in [6.45, 7) is 4.61. The van der Waals surface area contributed by atoms with Crippen LogP contribution in [0.15, 0.2) is 53.1 Å². The van der Waals surface area contributed by atoms with Gasteiger partial charge in [-0.05, 0) is 43.5 Å². The van der Waals surface area contributed by atoms with E-state index in [1.165, 1.54) is 18.4 Å². The summed E-state index contributed by atoms with van der Waals surface area (Å²) in [6, 6.07) is 14.1. The normalized spacial score (nSPS) is 15.7. The van der Waals surface area contributed by atoms with Crippen molar-refractivity contribution >= 4 is 5.91 Å². The van der Waals surface area contributed by atoms with Gasteiger partial charge in [-0.1, -0.05) is 30.3 Å². The highest BCUT2D eigenvalue weighted by Crippen LogP contribution is 2.11. The van der Waals surface area contributed by atoms with Crippen LogP contribution in [0.25, 0.3) is 0 Å². The van der Waals surface area contributed by atoms with Crippen LogP contribution in [0.5, 0.6) is 0 Å². The van der Waals surface area contributed by atoms with E-state index in [4.69, 9.17) is 4.42 Å². The maximum absolute atomic E-state index is 12.2. The van der Waals surface area contributed by atoms with Gasteiger partial charge in [0, 0.05) is 26.2 Å². The SMILES string of the molecule is O=C(c1ccco1)N1CCN(CCCCc2ccccc2)CC1. The van der Waals surface area contributed by atoms with Crippen molar-refractivity contribution in [3.63, 3.8) is 0 Å². The fourth-order valence-electron chi connectivity index (χ4n) is 3.04. The summed E-state index contributed by atoms with van der Waals surface area (Å²) in [4.78, 5) is 16.5. The molecule has 0 saturated carbocycles. The third-order valence-corrected chi connectivity index (χ3v) is 4.42. The molecule has 0 unspecified atom stereocenters. The molecule has 1 saturated heterocycles. The number of hydrogen-bond donors (Lipinski definition) is 0. The molecule has 1 fully saturated rings. The molecule has 1 aliphatic heterocycles. The van der Waals surface area contributed by atoms with Gasteiger partial charge in [-0.15, -0.1) is 0 Å². The molecule has 4 heteroatoms. The predicted molar refractivity (Wildman–Crippen MR) is 90.4 cm³/mol. The number of rotatable bonds is 6. The van der Waals surface area contributed by atoms with Crippen molar-refractivity contribution in [1.82, 2.24) is 9.80 Å². The lowest BCUT2D eigenvalue weighted by molar-refractivity contribution is 0.0604. The zero-order chi connectivity index (χ0) is 15.9. The van der Waals surface area contributed by atoms with E-state index in [2.05, 4.69) is 35.2 Å². The lowest BCUT2D eigenvalue weighted by Crippen LogP contribution is -2.48. The van der Waals surface area contributed by atoms with E-state index >= 15 is 0 Å². The minimum Gasteiger partial charge on any atom is -0.459 e. The van der Waals surface area contributed by atoms with Crippen molar-refractivity contribution in [2.45, 2.75) is 19.3 Å². The Kier molecular flexibility index (Phi) is 5.48. The van der Waals surface area contributed by atoms with E-state index in [0.717, 1.165) is 39.1 Å². The van der Waals surface area contributed by atoms with Crippen molar-refractivity contribution < 1.29 is 9.21 Å². The lowest BCUT2D eigenvalue weighted by Gasteiger charge is -2.34. The average molecular weight is 312 g/mol. The molecule has 1 aromatic heterocycles. The molecule has 0 radical (unpaired) electrons. The van der Waals surface area contributed by atoms with Crippen molar-refractivity contribution in [1.29, 1.82) is 0 Å². The van der Waals surface area contributed by atoms with Crippen molar-refractivity contribution in [3.8, 4) is 0 Å². The molecule has 1 amide bonds. The van der Waals surface area contributed by atoms with Crippen LogP contribution in [-0.2, 0) is 6.42 Å². The van der Waals surface area contributed by atoms with Crippen molar-refractivity contribution in [2.75, 3.05) is 32.7 Å². The predicted octanol–water partition coefficient (Wildman–Crippen LogP) is 3.06. The van der Waals surface area contributed by atoms with Gasteiger partial charge in [0.1, 0.15) is 0 Å². The van der Waals surface area contributed by atoms with Crippen molar-refractivity contribution in [2.24, 2.45) is 0 Å². The minimum absolute atomic E-state index is 0.0127. The number of nitrogens with zero attached hydrogens (tertiary/aromatic N) is 2. The van der Waals surface area contributed by atoms with Gasteiger partial charge in [0.2, 0.25) is 0 Å². The summed E-state index contributed by atoms with van der Waals surface area (Å²) >= 11 is 0. The van der Waals surface area contributed by atoms with Crippen LogP contribution in [-0.4, -0.2) is 48.4 Å². The van der Waals surface area contributed by atoms with Gasteiger partial charge in [0.25, 0.3) is 5.91 Å². The maximum atomic E-state index is 12.2. The fraction of sp³-hybridized carbons (Fsp3) is 0.421. The number of benzene rings is 1. The molecule has 0 spiro atoms. The monoisotopic (exact) mass is 312 g/mol. The molecule has 0 atom stereocenters. The molecule has 122 valence electrons. The van der Waals surface area contributed by atoms with E-state index < -0.39 is 0 Å². The lowest BCUT2D eigenvalue weighted by atomic mass is 10.1. The van der Waals surface area contributed by atoms with Crippen LogP contribution in [0.3, 0.4) is 0 Å². The summed E-state index contributed by atoms with van der Waals surface area (Å²) in [7, 11) is 0. The van der Waals surface area contributed by atoms with E-state index in [1.54, 1.807) is 18.4 Å². The van der Waals surface area contributed by atoms with Crippen LogP contribution in [0.1, 0.15) is 29.0 Å². The highest BCUT2D eigenvalue weighted by Gasteiger charge is 2.23. The first-order valence-electron chi connectivity index (χ1n) is 8.42. The summed E-state index contributed by atoms with van der Waals surface area (Å²) in [5.74, 6) is 0.458. The number of hydrogen-bond acceptors (Lipinski definition) is 3. The van der Waals surface area contributed by atoms with Gasteiger partial charge < -0.3 is 9.32 Å². The molecule has 3 rings (SSSR count). The number of carbonyl (C=O) groups is 1. The van der Waals surface area contributed by atoms with Crippen molar-refractivity contribution in [3.05, 3.63) is 60.1 Å². The number of aryl methyl sites for hydroxylation is 1. The Bertz CT molecular complexity index is 587. The zero-order valence-electron chi connectivity index (χ0n) is 13.5. The molecule has 1 aliphatic rings. The number of piperazine rings is 1. The Balaban J connectivity index is 1.34. The summed E-state index contributed by atoms with van der Waals surface area (Å²) in [6.07, 6.45) is 5.13. The second-order valence-corrected chi connectivity index (χ2v) is 6.05. The van der Waals surface area contributed by atoms with Crippen LogP contribution < -0.4 is 0 Å². The van der Waals surface area contributed by atoms with Gasteiger partial charge in [-0.25, -0.2) is 0 Å².